The minimum Gasteiger partial charge on any atom is -0.456 e. The lowest BCUT2D eigenvalue weighted by Crippen LogP contribution is -2.41. The van der Waals surface area contributed by atoms with Gasteiger partial charge in [-0.3, -0.25) is 0 Å². The van der Waals surface area contributed by atoms with E-state index in [2.05, 4.69) is 247 Å². The van der Waals surface area contributed by atoms with Gasteiger partial charge in [-0.15, -0.1) is 0 Å². The summed E-state index contributed by atoms with van der Waals surface area (Å²) in [4.78, 5) is 0. The Bertz CT molecular complexity index is 4510. The van der Waals surface area contributed by atoms with Gasteiger partial charge in [0.05, 0.1) is 33.3 Å². The molecule has 0 saturated carbocycles. The van der Waals surface area contributed by atoms with Gasteiger partial charge in [0.25, 0.3) is 0 Å². The van der Waals surface area contributed by atoms with E-state index in [1.54, 1.807) is 0 Å². The topological polar surface area (TPSA) is 54.6 Å². The Labute approximate surface area is 436 Å². The maximum absolute atomic E-state index is 6.44. The number of hydrogen-bond donors (Lipinski definition) is 0. The molecule has 1 aliphatic heterocycles. The van der Waals surface area contributed by atoms with E-state index in [-0.39, 0.29) is 0 Å². The van der Waals surface area contributed by atoms with E-state index in [1.165, 1.54) is 43.9 Å². The number of hydrogen-bond acceptors (Lipinski definition) is 4. The van der Waals surface area contributed by atoms with Crippen molar-refractivity contribution in [2.24, 2.45) is 0 Å². The molecular formula is C66H48BBrN2O4. The van der Waals surface area contributed by atoms with E-state index >= 15 is 0 Å². The average Bonchev–Trinajstić information content (AvgIpc) is 4.21. The van der Waals surface area contributed by atoms with Crippen LogP contribution in [0, 0.1) is 0 Å². The van der Waals surface area contributed by atoms with E-state index < -0.39 is 18.3 Å². The van der Waals surface area contributed by atoms with Gasteiger partial charge in [0.2, 0.25) is 0 Å². The highest BCUT2D eigenvalue weighted by Gasteiger charge is 2.51. The highest BCUT2D eigenvalue weighted by molar-refractivity contribution is 9.10. The zero-order valence-electron chi connectivity index (χ0n) is 41.3. The third-order valence-corrected chi connectivity index (χ3v) is 16.0. The molecule has 356 valence electrons. The molecule has 0 N–H and O–H groups in total. The molecule has 0 aliphatic carbocycles. The summed E-state index contributed by atoms with van der Waals surface area (Å²) in [6, 6.07) is 77.1. The molecule has 0 bridgehead atoms. The van der Waals surface area contributed by atoms with E-state index in [4.69, 9.17) is 18.1 Å². The third kappa shape index (κ3) is 7.23. The normalized spacial score (nSPS) is 14.4. The summed E-state index contributed by atoms with van der Waals surface area (Å²) in [5.74, 6) is 0. The van der Waals surface area contributed by atoms with Gasteiger partial charge in [0.1, 0.15) is 22.3 Å². The Morgan fingerprint density at radius 3 is 1.28 bits per heavy atom. The molecule has 0 unspecified atom stereocenters. The molecular weight excluding hydrogens is 975 g/mol. The molecule has 6 nitrogen and oxygen atoms in total. The van der Waals surface area contributed by atoms with Gasteiger partial charge in [-0.25, -0.2) is 0 Å². The Kier molecular flexibility index (Phi) is 10.2. The van der Waals surface area contributed by atoms with Crippen molar-refractivity contribution in [3.63, 3.8) is 0 Å². The predicted molar refractivity (Wildman–Crippen MR) is 310 cm³/mol. The second-order valence-electron chi connectivity index (χ2n) is 20.5. The van der Waals surface area contributed by atoms with Gasteiger partial charge in [-0.05, 0) is 128 Å². The summed E-state index contributed by atoms with van der Waals surface area (Å²) >= 11 is 3.68. The van der Waals surface area contributed by atoms with Crippen molar-refractivity contribution in [1.82, 2.24) is 9.13 Å². The van der Waals surface area contributed by atoms with Gasteiger partial charge in [0.15, 0.2) is 0 Å². The maximum Gasteiger partial charge on any atom is 0.494 e. The predicted octanol–water partition coefficient (Wildman–Crippen LogP) is 17.8. The van der Waals surface area contributed by atoms with Gasteiger partial charge < -0.3 is 27.3 Å². The minimum absolute atomic E-state index is 0.402. The Hall–Kier alpha value is -8.14. The smallest absolute Gasteiger partial charge is 0.456 e. The van der Waals surface area contributed by atoms with Crippen molar-refractivity contribution >= 4 is 116 Å². The second-order valence-corrected chi connectivity index (χ2v) is 21.4. The van der Waals surface area contributed by atoms with Crippen LogP contribution in [0.4, 0.5) is 0 Å². The van der Waals surface area contributed by atoms with Gasteiger partial charge >= 0.3 is 7.12 Å². The van der Waals surface area contributed by atoms with Crippen LogP contribution >= 0.6 is 15.9 Å². The molecule has 1 aliphatic rings. The molecule has 10 aromatic carbocycles. The second kappa shape index (κ2) is 17.0. The molecule has 0 spiro atoms. The number of furan rings is 2. The molecule has 0 amide bonds. The first-order valence-electron chi connectivity index (χ1n) is 25.2. The lowest BCUT2D eigenvalue weighted by atomic mass is 9.78. The first kappa shape index (κ1) is 44.6. The van der Waals surface area contributed by atoms with E-state index in [9.17, 15) is 0 Å². The van der Waals surface area contributed by atoms with Crippen molar-refractivity contribution in [2.45, 2.75) is 38.9 Å². The van der Waals surface area contributed by atoms with Crippen molar-refractivity contribution in [3.05, 3.63) is 223 Å². The standard InChI is InChI=1S/C36H30BNO3.C30H18BrNO/c1-35(2)36(3,4)41-37(40-35)25-17-18-31-28(20-25)29-21-30-27-15-8-9-16-33(27)39-34(30)22-32(29)38(31)26-14-10-13-24(19-26)23-11-6-5-7-12-23;31-21-13-14-27-24(16-21)25-17-26-23-11-4-5-12-29(23)33-30(26)18-28(25)32(27)22-10-6-9-20(15-22)19-7-2-1-3-8-19/h5-22H,1-4H3;1-18H. The number of benzene rings is 10. The molecule has 14 aromatic rings. The summed E-state index contributed by atoms with van der Waals surface area (Å²) in [5.41, 5.74) is 15.4. The van der Waals surface area contributed by atoms with E-state index in [0.29, 0.717) is 0 Å². The summed E-state index contributed by atoms with van der Waals surface area (Å²) in [6.45, 7) is 8.38. The largest absolute Gasteiger partial charge is 0.494 e. The van der Waals surface area contributed by atoms with Crippen LogP contribution in [0.25, 0.3) is 121 Å². The summed E-state index contributed by atoms with van der Waals surface area (Å²) in [6.07, 6.45) is 0. The van der Waals surface area contributed by atoms with Crippen molar-refractivity contribution < 1.29 is 18.1 Å². The Morgan fingerprint density at radius 1 is 0.338 bits per heavy atom. The number of nitrogens with zero attached hydrogens (tertiary/aromatic N) is 2. The lowest BCUT2D eigenvalue weighted by Gasteiger charge is -2.32. The van der Waals surface area contributed by atoms with Crippen LogP contribution in [0.3, 0.4) is 0 Å². The van der Waals surface area contributed by atoms with Gasteiger partial charge in [-0.1, -0.05) is 149 Å². The van der Waals surface area contributed by atoms with Crippen molar-refractivity contribution in [2.75, 3.05) is 0 Å². The number of fused-ring (bicyclic) bond motifs is 12. The third-order valence-electron chi connectivity index (χ3n) is 15.5. The quantitative estimate of drug-likeness (QED) is 0.161. The molecule has 1 fully saturated rings. The molecule has 74 heavy (non-hydrogen) atoms. The zero-order valence-corrected chi connectivity index (χ0v) is 42.9. The van der Waals surface area contributed by atoms with E-state index in [0.717, 1.165) is 87.1 Å². The van der Waals surface area contributed by atoms with Crippen LogP contribution in [0.1, 0.15) is 27.7 Å². The number of halogens is 1. The fraction of sp³-hybridized carbons (Fsp3) is 0.0909. The van der Waals surface area contributed by atoms with Crippen molar-refractivity contribution in [1.29, 1.82) is 0 Å². The average molecular weight is 1020 g/mol. The summed E-state index contributed by atoms with van der Waals surface area (Å²) in [5, 5.41) is 9.30. The van der Waals surface area contributed by atoms with Crippen LogP contribution < -0.4 is 5.46 Å². The van der Waals surface area contributed by atoms with Crippen LogP contribution in [0.5, 0.6) is 0 Å². The van der Waals surface area contributed by atoms with Gasteiger partial charge in [0, 0.05) is 71.1 Å². The first-order valence-corrected chi connectivity index (χ1v) is 26.0. The Morgan fingerprint density at radius 2 is 0.770 bits per heavy atom. The fourth-order valence-electron chi connectivity index (χ4n) is 11.1. The lowest BCUT2D eigenvalue weighted by molar-refractivity contribution is 0.00578. The minimum atomic E-state index is -0.428. The van der Waals surface area contributed by atoms with E-state index in [1.807, 2.05) is 24.3 Å². The Balaban J connectivity index is 0.000000140. The molecule has 4 aromatic heterocycles. The molecule has 0 atom stereocenters. The first-order chi connectivity index (χ1) is 36.0. The van der Waals surface area contributed by atoms with Gasteiger partial charge in [-0.2, -0.15) is 0 Å². The zero-order chi connectivity index (χ0) is 49.9. The van der Waals surface area contributed by atoms with Crippen LogP contribution in [0.2, 0.25) is 0 Å². The SMILES string of the molecule is Brc1ccc2c(c1)c1cc3c(cc1n2-c1cccc(-c2ccccc2)c1)oc1ccccc13.CC1(C)OB(c2ccc3c(c2)c2cc4c(cc2n3-c2cccc(-c3ccccc3)c2)oc2ccccc24)OC1(C)C. The van der Waals surface area contributed by atoms with Crippen LogP contribution in [0.15, 0.2) is 232 Å². The number of aromatic nitrogens is 2. The molecule has 5 heterocycles. The fourth-order valence-corrected chi connectivity index (χ4v) is 11.4. The van der Waals surface area contributed by atoms with Crippen LogP contribution in [-0.4, -0.2) is 27.5 Å². The molecule has 8 heteroatoms. The molecule has 0 radical (unpaired) electrons. The van der Waals surface area contributed by atoms with Crippen molar-refractivity contribution in [3.8, 4) is 33.6 Å². The number of rotatable bonds is 5. The van der Waals surface area contributed by atoms with Crippen LogP contribution in [-0.2, 0) is 9.31 Å². The highest BCUT2D eigenvalue weighted by Crippen LogP contribution is 2.42. The monoisotopic (exact) mass is 1020 g/mol. The number of para-hydroxylation sites is 2. The molecule has 1 saturated heterocycles. The summed E-state index contributed by atoms with van der Waals surface area (Å²) in [7, 11) is -0.428. The highest BCUT2D eigenvalue weighted by atomic mass is 79.9. The molecule has 15 rings (SSSR count). The maximum atomic E-state index is 6.44. The summed E-state index contributed by atoms with van der Waals surface area (Å²) < 4.78 is 31.2.